The molecule has 0 bridgehead atoms. The van der Waals surface area contributed by atoms with E-state index in [1.165, 1.54) is 27.4 Å². The Kier molecular flexibility index (Phi) is 5.77. The number of ether oxygens (including phenoxy) is 3. The molecule has 0 atom stereocenters. The zero-order valence-corrected chi connectivity index (χ0v) is 17.0. The third kappa shape index (κ3) is 3.89. The highest BCUT2D eigenvalue weighted by molar-refractivity contribution is 5.96. The first-order valence-corrected chi connectivity index (χ1v) is 9.00. The fraction of sp³-hybridized carbons (Fsp3) is 0.273. The van der Waals surface area contributed by atoms with Gasteiger partial charge in [0.2, 0.25) is 5.75 Å². The summed E-state index contributed by atoms with van der Waals surface area (Å²) in [5, 5.41) is 3.63. The van der Waals surface area contributed by atoms with Gasteiger partial charge < -0.3 is 23.9 Å². The minimum Gasteiger partial charge on any atom is -0.493 e. The van der Waals surface area contributed by atoms with Gasteiger partial charge in [0.25, 0.3) is 5.91 Å². The molecule has 0 radical (unpaired) electrons. The lowest BCUT2D eigenvalue weighted by molar-refractivity contribution is 0.0950. The molecule has 0 spiro atoms. The smallest absolute Gasteiger partial charge is 0.336 e. The monoisotopic (exact) mass is 397 g/mol. The molecular weight excluding hydrogens is 374 g/mol. The first-order valence-electron chi connectivity index (χ1n) is 9.00. The summed E-state index contributed by atoms with van der Waals surface area (Å²) in [7, 11) is 4.47. The van der Waals surface area contributed by atoms with Crippen LogP contribution in [0.15, 0.2) is 39.5 Å². The van der Waals surface area contributed by atoms with Gasteiger partial charge >= 0.3 is 5.63 Å². The molecule has 1 heterocycles. The molecule has 0 saturated heterocycles. The topological polar surface area (TPSA) is 87.0 Å². The van der Waals surface area contributed by atoms with E-state index in [0.717, 1.165) is 16.5 Å². The molecule has 7 heteroatoms. The lowest BCUT2D eigenvalue weighted by Crippen LogP contribution is -2.23. The minimum atomic E-state index is -0.455. The number of carbonyl (C=O) groups is 1. The number of nitrogens with one attached hydrogen (secondary N) is 1. The number of hydrogen-bond donors (Lipinski definition) is 1. The van der Waals surface area contributed by atoms with Crippen LogP contribution in [0.2, 0.25) is 0 Å². The van der Waals surface area contributed by atoms with Crippen molar-refractivity contribution in [2.45, 2.75) is 20.4 Å². The van der Waals surface area contributed by atoms with Crippen molar-refractivity contribution in [2.75, 3.05) is 21.3 Å². The predicted molar refractivity (Wildman–Crippen MR) is 109 cm³/mol. The summed E-state index contributed by atoms with van der Waals surface area (Å²) < 4.78 is 21.2. The summed E-state index contributed by atoms with van der Waals surface area (Å²) >= 11 is 0. The average molecular weight is 397 g/mol. The van der Waals surface area contributed by atoms with E-state index < -0.39 is 5.63 Å². The quantitative estimate of drug-likeness (QED) is 0.642. The van der Waals surface area contributed by atoms with Gasteiger partial charge in [0.15, 0.2) is 11.5 Å². The molecule has 3 rings (SSSR count). The third-order valence-corrected chi connectivity index (χ3v) is 4.88. The van der Waals surface area contributed by atoms with Gasteiger partial charge in [-0.3, -0.25) is 4.79 Å². The van der Waals surface area contributed by atoms with Crippen molar-refractivity contribution in [1.29, 1.82) is 0 Å². The fourth-order valence-corrected chi connectivity index (χ4v) is 3.16. The van der Waals surface area contributed by atoms with Gasteiger partial charge in [0.1, 0.15) is 5.58 Å². The molecule has 0 unspecified atom stereocenters. The maximum absolute atomic E-state index is 12.7. The number of amides is 1. The van der Waals surface area contributed by atoms with Crippen LogP contribution in [0.5, 0.6) is 17.2 Å². The Morgan fingerprint density at radius 3 is 2.24 bits per heavy atom. The molecule has 3 aromatic rings. The maximum atomic E-state index is 12.7. The van der Waals surface area contributed by atoms with Crippen LogP contribution in [0.25, 0.3) is 11.0 Å². The molecule has 0 aliphatic rings. The van der Waals surface area contributed by atoms with Crippen molar-refractivity contribution in [1.82, 2.24) is 5.32 Å². The fourth-order valence-electron chi connectivity index (χ4n) is 3.16. The van der Waals surface area contributed by atoms with Gasteiger partial charge in [-0.15, -0.1) is 0 Å². The van der Waals surface area contributed by atoms with Gasteiger partial charge in [-0.05, 0) is 42.7 Å². The largest absolute Gasteiger partial charge is 0.493 e. The van der Waals surface area contributed by atoms with Crippen molar-refractivity contribution in [3.63, 3.8) is 0 Å². The van der Waals surface area contributed by atoms with Gasteiger partial charge in [-0.25, -0.2) is 4.79 Å². The van der Waals surface area contributed by atoms with Crippen LogP contribution in [0, 0.1) is 13.8 Å². The van der Waals surface area contributed by atoms with Gasteiger partial charge in [0, 0.05) is 23.6 Å². The molecule has 2 aromatic carbocycles. The number of methoxy groups -OCH3 is 3. The van der Waals surface area contributed by atoms with Crippen molar-refractivity contribution >= 4 is 16.9 Å². The molecule has 7 nitrogen and oxygen atoms in total. The number of hydrogen-bond acceptors (Lipinski definition) is 6. The van der Waals surface area contributed by atoms with Crippen molar-refractivity contribution in [3.8, 4) is 17.2 Å². The van der Waals surface area contributed by atoms with Crippen LogP contribution in [0.4, 0.5) is 0 Å². The number of aryl methyl sites for hydroxylation is 2. The summed E-state index contributed by atoms with van der Waals surface area (Å²) in [6, 6.07) is 8.39. The van der Waals surface area contributed by atoms with Crippen LogP contribution >= 0.6 is 0 Å². The molecule has 0 aliphatic heterocycles. The van der Waals surface area contributed by atoms with Gasteiger partial charge in [-0.1, -0.05) is 12.1 Å². The molecule has 0 saturated carbocycles. The summed E-state index contributed by atoms with van der Waals surface area (Å²) in [5.41, 5.74) is 3.04. The van der Waals surface area contributed by atoms with Crippen molar-refractivity contribution in [3.05, 3.63) is 63.0 Å². The molecule has 1 amide bonds. The Hall–Kier alpha value is -3.48. The third-order valence-electron chi connectivity index (χ3n) is 4.88. The SMILES string of the molecule is COc1cc(C(=O)NCc2cc(=O)oc3c(C)c(C)ccc23)cc(OC)c1OC. The first kappa shape index (κ1) is 20.3. The van der Waals surface area contributed by atoms with Gasteiger partial charge in [-0.2, -0.15) is 0 Å². The Labute approximate surface area is 168 Å². The zero-order chi connectivity index (χ0) is 21.1. The number of fused-ring (bicyclic) bond motifs is 1. The first-order chi connectivity index (χ1) is 13.9. The van der Waals surface area contributed by atoms with Crippen LogP contribution in [-0.4, -0.2) is 27.2 Å². The van der Waals surface area contributed by atoms with E-state index in [1.807, 2.05) is 26.0 Å². The highest BCUT2D eigenvalue weighted by Crippen LogP contribution is 2.38. The standard InChI is InChI=1S/C22H23NO6/c1-12-6-7-16-15(10-19(24)29-20(16)13(12)2)11-23-22(25)14-8-17(26-3)21(28-5)18(9-14)27-4/h6-10H,11H2,1-5H3,(H,23,25). The molecule has 0 aliphatic carbocycles. The van der Waals surface area contributed by atoms with E-state index in [0.29, 0.717) is 34.0 Å². The Morgan fingerprint density at radius 1 is 1.00 bits per heavy atom. The van der Waals surface area contributed by atoms with E-state index in [9.17, 15) is 9.59 Å². The van der Waals surface area contributed by atoms with Crippen LogP contribution in [0.3, 0.4) is 0 Å². The second-order valence-corrected chi connectivity index (χ2v) is 6.57. The van der Waals surface area contributed by atoms with E-state index in [2.05, 4.69) is 5.32 Å². The van der Waals surface area contributed by atoms with E-state index >= 15 is 0 Å². The van der Waals surface area contributed by atoms with Gasteiger partial charge in [0.05, 0.1) is 21.3 Å². The molecule has 1 aromatic heterocycles. The summed E-state index contributed by atoms with van der Waals surface area (Å²) in [6.45, 7) is 4.02. The van der Waals surface area contributed by atoms with E-state index in [-0.39, 0.29) is 12.5 Å². The average Bonchev–Trinajstić information content (AvgIpc) is 2.73. The Bertz CT molecular complexity index is 1110. The molecular formula is C22H23NO6. The van der Waals surface area contributed by atoms with Crippen molar-refractivity contribution in [2.24, 2.45) is 0 Å². The number of carbonyl (C=O) groups excluding carboxylic acids is 1. The van der Waals surface area contributed by atoms with Crippen LogP contribution in [0.1, 0.15) is 27.0 Å². The lowest BCUT2D eigenvalue weighted by Gasteiger charge is -2.14. The Morgan fingerprint density at radius 2 is 1.66 bits per heavy atom. The second-order valence-electron chi connectivity index (χ2n) is 6.57. The molecule has 0 fully saturated rings. The molecule has 1 N–H and O–H groups in total. The highest BCUT2D eigenvalue weighted by Gasteiger charge is 2.17. The number of benzene rings is 2. The normalized spacial score (nSPS) is 10.7. The van der Waals surface area contributed by atoms with Crippen LogP contribution < -0.4 is 25.2 Å². The summed E-state index contributed by atoms with van der Waals surface area (Å²) in [4.78, 5) is 24.7. The minimum absolute atomic E-state index is 0.167. The highest BCUT2D eigenvalue weighted by atomic mass is 16.5. The molecule has 152 valence electrons. The second kappa shape index (κ2) is 8.26. The maximum Gasteiger partial charge on any atom is 0.336 e. The Balaban J connectivity index is 1.92. The predicted octanol–water partition coefficient (Wildman–Crippen LogP) is 3.37. The van der Waals surface area contributed by atoms with E-state index in [4.69, 9.17) is 18.6 Å². The summed E-state index contributed by atoms with van der Waals surface area (Å²) in [5.74, 6) is 0.835. The summed E-state index contributed by atoms with van der Waals surface area (Å²) in [6.07, 6.45) is 0. The molecule has 29 heavy (non-hydrogen) atoms. The lowest BCUT2D eigenvalue weighted by atomic mass is 10.0. The number of rotatable bonds is 6. The van der Waals surface area contributed by atoms with E-state index in [1.54, 1.807) is 12.1 Å². The van der Waals surface area contributed by atoms with Crippen molar-refractivity contribution < 1.29 is 23.4 Å². The zero-order valence-electron chi connectivity index (χ0n) is 17.0. The van der Waals surface area contributed by atoms with Crippen LogP contribution in [-0.2, 0) is 6.54 Å².